The molecule has 98 heavy (non-hydrogen) atoms. The van der Waals surface area contributed by atoms with Gasteiger partial charge in [-0.2, -0.15) is 11.8 Å². The molecule has 552 valence electrons. The van der Waals surface area contributed by atoms with E-state index in [0.717, 1.165) is 13.0 Å². The minimum Gasteiger partial charge on any atom is -0.481 e. The molecule has 13 amide bonds. The molecule has 0 unspecified atom stereocenters. The highest BCUT2D eigenvalue weighted by Gasteiger charge is 2.36. The highest BCUT2D eigenvalue weighted by molar-refractivity contribution is 7.98. The number of likely N-dealkylation sites (N-methyl/N-ethyl adjacent to an activating group) is 1. The summed E-state index contributed by atoms with van der Waals surface area (Å²) in [7, 11) is 1.82. The van der Waals surface area contributed by atoms with Crippen LogP contribution in [0.5, 0.6) is 0 Å². The van der Waals surface area contributed by atoms with Crippen LogP contribution in [0.4, 0.5) is 0 Å². The van der Waals surface area contributed by atoms with Crippen molar-refractivity contribution in [3.05, 3.63) is 0 Å². The van der Waals surface area contributed by atoms with Gasteiger partial charge in [-0.3, -0.25) is 91.2 Å². The van der Waals surface area contributed by atoms with Crippen LogP contribution in [0, 0.1) is 5.92 Å². The lowest BCUT2D eigenvalue weighted by molar-refractivity contribution is -0.141. The van der Waals surface area contributed by atoms with Crippen molar-refractivity contribution in [3.63, 3.8) is 0 Å². The van der Waals surface area contributed by atoms with Crippen LogP contribution in [-0.2, 0) is 91.0 Å². The molecule has 1 heterocycles. The van der Waals surface area contributed by atoms with E-state index in [1.54, 1.807) is 6.26 Å². The molecular weight excluding hydrogens is 1320 g/mol. The zero-order chi connectivity index (χ0) is 74.2. The summed E-state index contributed by atoms with van der Waals surface area (Å²) in [6.45, 7) is 3.40. The first kappa shape index (κ1) is 86.7. The Hall–Kier alpha value is -9.31. The van der Waals surface area contributed by atoms with Crippen molar-refractivity contribution < 1.29 is 117 Å². The summed E-state index contributed by atoms with van der Waals surface area (Å²) in [5.41, 5.74) is 10.9. The molecule has 1 saturated heterocycles. The Labute approximate surface area is 568 Å². The number of nitrogens with zero attached hydrogens (tertiary/aromatic N) is 1. The molecule has 0 aliphatic carbocycles. The molecule has 0 radical (unpaired) electrons. The van der Waals surface area contributed by atoms with Gasteiger partial charge >= 0.3 is 29.8 Å². The Bertz CT molecular complexity index is 2800. The van der Waals surface area contributed by atoms with Crippen LogP contribution in [-0.4, -0.2) is 262 Å². The third kappa shape index (κ3) is 36.7. The molecule has 0 aromatic heterocycles. The van der Waals surface area contributed by atoms with Crippen LogP contribution >= 0.6 is 11.8 Å². The van der Waals surface area contributed by atoms with E-state index in [1.165, 1.54) is 18.7 Å². The lowest BCUT2D eigenvalue weighted by Gasteiger charge is -2.27. The lowest BCUT2D eigenvalue weighted by Crippen LogP contribution is -2.59. The van der Waals surface area contributed by atoms with Crippen LogP contribution in [0.3, 0.4) is 0 Å². The predicted molar refractivity (Wildman–Crippen MR) is 343 cm³/mol. The fraction of sp³-hybridized carbons (Fsp3) is 0.690. The summed E-state index contributed by atoms with van der Waals surface area (Å²) in [5.74, 6) is -19.8. The summed E-state index contributed by atoms with van der Waals surface area (Å²) in [4.78, 5) is 232. The first-order chi connectivity index (χ1) is 46.1. The number of aliphatic carboxylic acids is 5. The molecule has 40 heteroatoms. The van der Waals surface area contributed by atoms with E-state index in [4.69, 9.17) is 16.2 Å². The van der Waals surface area contributed by atoms with Gasteiger partial charge in [-0.1, -0.05) is 13.8 Å². The van der Waals surface area contributed by atoms with Gasteiger partial charge in [0.1, 0.15) is 61.0 Å². The summed E-state index contributed by atoms with van der Waals surface area (Å²) in [6.07, 6.45) is -3.44. The maximum Gasteiger partial charge on any atom is 0.303 e. The lowest BCUT2D eigenvalue weighted by atomic mass is 10.0. The van der Waals surface area contributed by atoms with E-state index in [2.05, 4.69) is 63.8 Å². The number of rotatable bonds is 51. The van der Waals surface area contributed by atoms with Crippen molar-refractivity contribution in [1.82, 2.24) is 68.7 Å². The number of nitrogens with two attached hydrogens (primary N) is 2. The van der Waals surface area contributed by atoms with Gasteiger partial charge in [-0.05, 0) is 110 Å². The average Bonchev–Trinajstić information content (AvgIpc) is 1.33. The summed E-state index contributed by atoms with van der Waals surface area (Å²) < 4.78 is 5.26. The molecule has 1 rings (SSSR count). The summed E-state index contributed by atoms with van der Waals surface area (Å²) in [5, 5.41) is 75.4. The largest absolute Gasteiger partial charge is 0.481 e. The Morgan fingerprint density at radius 3 is 1.29 bits per heavy atom. The van der Waals surface area contributed by atoms with Crippen molar-refractivity contribution in [2.75, 3.05) is 65.0 Å². The molecule has 0 aromatic rings. The number of ether oxygens (including phenoxy) is 1. The van der Waals surface area contributed by atoms with E-state index in [1.807, 2.05) is 25.8 Å². The first-order valence-electron chi connectivity index (χ1n) is 31.5. The van der Waals surface area contributed by atoms with Gasteiger partial charge in [0.15, 0.2) is 0 Å². The standard InChI is InChI=1S/C58H95N15O24S/c1-30(2)25-38(72-58(96)40-10-8-23-73(40)4)51(89)63-27-42(75)66-39(29-98-5)57(95)64-31(3)50(88)62-26-41(74)61-22-24-97-28-43(76)65-33(11-16-44(77)78)52(90)68-35(13-18-46(81)82)54(92)70-37(15-20-48(85)86)56(94)71-36(14-19-47(83)84)55(93)69-34(12-17-45(79)80)53(91)67-32(49(60)87)9-6-7-21-59/h30-40H,6-29,59H2,1-5H3,(H2,60,87)(H,61,74)(H,62,88)(H,63,89)(H,64,95)(H,65,76)(H,66,75)(H,67,91)(H,68,90)(H,69,93)(H,70,92)(H,71,94)(H,72,96)(H,77,78)(H,79,80)(H,81,82)(H,83,84)(H,85,86)/t31-,32+,33+,34+,35+,36+,37+,38-,39-,40-/m0/s1. The molecule has 21 N–H and O–H groups in total. The van der Waals surface area contributed by atoms with Gasteiger partial charge in [0, 0.05) is 44.4 Å². The smallest absolute Gasteiger partial charge is 0.303 e. The maximum absolute atomic E-state index is 13.9. The van der Waals surface area contributed by atoms with E-state index in [9.17, 15) is 112 Å². The third-order valence-electron chi connectivity index (χ3n) is 14.6. The molecule has 0 spiro atoms. The molecular formula is C58H95N15O24S. The predicted octanol–water partition coefficient (Wildman–Crippen LogP) is -6.82. The number of unbranched alkanes of at least 4 members (excludes halogenated alkanes) is 1. The van der Waals surface area contributed by atoms with Crippen molar-refractivity contribution in [1.29, 1.82) is 0 Å². The number of amides is 13. The first-order valence-corrected chi connectivity index (χ1v) is 32.9. The highest BCUT2D eigenvalue weighted by atomic mass is 32.2. The second-order valence-electron chi connectivity index (χ2n) is 23.2. The molecule has 0 bridgehead atoms. The molecule has 1 fully saturated rings. The number of nitrogens with one attached hydrogen (secondary N) is 12. The number of hydrogen-bond acceptors (Lipinski definition) is 22. The number of hydrogen-bond donors (Lipinski definition) is 19. The average molecular weight is 1420 g/mol. The van der Waals surface area contributed by atoms with E-state index in [0.29, 0.717) is 25.7 Å². The van der Waals surface area contributed by atoms with Gasteiger partial charge in [0.05, 0.1) is 25.7 Å². The van der Waals surface area contributed by atoms with Crippen molar-refractivity contribution in [3.8, 4) is 0 Å². The normalized spacial score (nSPS) is 15.4. The molecule has 1 aliphatic rings. The molecule has 0 aromatic carbocycles. The number of primary amides is 1. The third-order valence-corrected chi connectivity index (χ3v) is 15.2. The highest BCUT2D eigenvalue weighted by Crippen LogP contribution is 2.16. The molecule has 0 saturated carbocycles. The zero-order valence-corrected chi connectivity index (χ0v) is 56.1. The van der Waals surface area contributed by atoms with Gasteiger partial charge in [-0.25, -0.2) is 0 Å². The quantitative estimate of drug-likeness (QED) is 0.0252. The maximum atomic E-state index is 13.9. The summed E-state index contributed by atoms with van der Waals surface area (Å²) in [6, 6.07) is -14.4. The van der Waals surface area contributed by atoms with Crippen LogP contribution in [0.15, 0.2) is 0 Å². The SMILES string of the molecule is CSC[C@H](NC(=O)CNC(=O)[C@H](CC(C)C)NC(=O)[C@@H]1CCCN1C)C(=O)N[C@@H](C)C(=O)NCC(=O)NCCOCC(=O)N[C@H](CCC(=O)O)C(=O)N[C@H](CCC(=O)O)C(=O)N[C@H](CCC(=O)O)C(=O)N[C@H](CCC(=O)O)C(=O)N[C@H](CCC(=O)O)C(=O)N[C@H](CCCCN)C(N)=O. The molecule has 39 nitrogen and oxygen atoms in total. The number of carboxylic acids is 5. The van der Waals surface area contributed by atoms with Crippen LogP contribution in [0.2, 0.25) is 0 Å². The van der Waals surface area contributed by atoms with Gasteiger partial charge in [0.2, 0.25) is 76.8 Å². The minimum atomic E-state index is -1.98. The fourth-order valence-electron chi connectivity index (χ4n) is 9.35. The Morgan fingerprint density at radius 2 is 0.888 bits per heavy atom. The van der Waals surface area contributed by atoms with E-state index in [-0.39, 0.29) is 49.7 Å². The van der Waals surface area contributed by atoms with E-state index < -0.39 is 239 Å². The van der Waals surface area contributed by atoms with Gasteiger partial charge in [-0.15, -0.1) is 0 Å². The minimum absolute atomic E-state index is 0.00248. The Balaban J connectivity index is 3.04. The van der Waals surface area contributed by atoms with Crippen LogP contribution in [0.1, 0.15) is 124 Å². The summed E-state index contributed by atoms with van der Waals surface area (Å²) >= 11 is 1.20. The molecule has 1 aliphatic heterocycles. The fourth-order valence-corrected chi connectivity index (χ4v) is 9.91. The molecule has 10 atom stereocenters. The van der Waals surface area contributed by atoms with Gasteiger partial charge < -0.3 is 106 Å². The number of carbonyl (C=O) groups is 18. The monoisotopic (exact) mass is 1420 g/mol. The number of carbonyl (C=O) groups excluding carboxylic acids is 13. The number of thioether (sulfide) groups is 1. The number of likely N-dealkylation sites (tertiary alicyclic amines) is 1. The van der Waals surface area contributed by atoms with Crippen LogP contribution in [0.25, 0.3) is 0 Å². The van der Waals surface area contributed by atoms with E-state index >= 15 is 0 Å². The second-order valence-corrected chi connectivity index (χ2v) is 24.2. The van der Waals surface area contributed by atoms with Crippen molar-refractivity contribution in [2.24, 2.45) is 17.4 Å². The number of carboxylic acid groups (broad SMARTS) is 5. The Morgan fingerprint density at radius 1 is 0.480 bits per heavy atom. The Kier molecular flexibility index (Phi) is 41.4. The zero-order valence-electron chi connectivity index (χ0n) is 55.3. The topological polar surface area (TPSA) is 617 Å². The van der Waals surface area contributed by atoms with Crippen LogP contribution < -0.4 is 75.3 Å². The van der Waals surface area contributed by atoms with Crippen molar-refractivity contribution in [2.45, 2.75) is 184 Å². The second kappa shape index (κ2) is 46.8. The van der Waals surface area contributed by atoms with Crippen molar-refractivity contribution >= 4 is 118 Å². The van der Waals surface area contributed by atoms with Gasteiger partial charge in [0.25, 0.3) is 0 Å².